The number of nitrogens with one attached hydrogen (secondary N) is 1. The van der Waals surface area contributed by atoms with Crippen molar-refractivity contribution in [2.75, 3.05) is 12.4 Å². The van der Waals surface area contributed by atoms with Gasteiger partial charge in [-0.15, -0.1) is 13.2 Å². The lowest BCUT2D eigenvalue weighted by Crippen LogP contribution is -2.21. The first-order valence-electron chi connectivity index (χ1n) is 10.3. The van der Waals surface area contributed by atoms with Gasteiger partial charge < -0.3 is 19.5 Å². The fourth-order valence-corrected chi connectivity index (χ4v) is 3.04. The van der Waals surface area contributed by atoms with E-state index < -0.39 is 64.3 Å². The minimum atomic E-state index is -5.29. The highest BCUT2D eigenvalue weighted by molar-refractivity contribution is 6.07. The second-order valence-corrected chi connectivity index (χ2v) is 7.52. The van der Waals surface area contributed by atoms with Gasteiger partial charge >= 0.3 is 12.5 Å². The van der Waals surface area contributed by atoms with Gasteiger partial charge in [0.2, 0.25) is 0 Å². The van der Waals surface area contributed by atoms with Gasteiger partial charge in [0.25, 0.3) is 5.91 Å². The molecule has 15 heteroatoms. The summed E-state index contributed by atoms with van der Waals surface area (Å²) < 4.78 is 107. The van der Waals surface area contributed by atoms with E-state index >= 15 is 4.39 Å². The van der Waals surface area contributed by atoms with Crippen LogP contribution in [0.4, 0.5) is 36.4 Å². The second-order valence-electron chi connectivity index (χ2n) is 7.52. The fraction of sp³-hybridized carbons (Fsp3) is 0.217. The monoisotopic (exact) mass is 547 g/mol. The van der Waals surface area contributed by atoms with Gasteiger partial charge in [-0.25, -0.2) is 9.37 Å². The van der Waals surface area contributed by atoms with Gasteiger partial charge in [0.15, 0.2) is 34.5 Å². The first-order chi connectivity index (χ1) is 17.6. The van der Waals surface area contributed by atoms with Crippen LogP contribution in [-0.4, -0.2) is 35.1 Å². The summed E-state index contributed by atoms with van der Waals surface area (Å²) in [5.41, 5.74) is -3.10. The molecule has 38 heavy (non-hydrogen) atoms. The minimum Gasteiger partial charge on any atom is -0.493 e. The molecular formula is C23H16F7N3O5. The van der Waals surface area contributed by atoms with Crippen molar-refractivity contribution in [2.24, 2.45) is 0 Å². The molecule has 0 radical (unpaired) electrons. The van der Waals surface area contributed by atoms with E-state index in [1.807, 2.05) is 0 Å². The zero-order chi connectivity index (χ0) is 28.4. The molecule has 0 bridgehead atoms. The van der Waals surface area contributed by atoms with Crippen molar-refractivity contribution < 1.29 is 54.5 Å². The Hall–Kier alpha value is -4.43. The van der Waals surface area contributed by atoms with E-state index in [9.17, 15) is 35.9 Å². The first-order valence-corrected chi connectivity index (χ1v) is 10.3. The SMILES string of the molecule is COc1cc(OC(F)(F)F)ccc1Oc1cnc(C(F)(F)F)c(F)c1C(=O)Nc1cc(C(C)=O)ncc1C. The number of hydrogen-bond donors (Lipinski definition) is 1. The maximum Gasteiger partial charge on any atom is 0.573 e. The summed E-state index contributed by atoms with van der Waals surface area (Å²) in [5, 5.41) is 2.21. The summed E-state index contributed by atoms with van der Waals surface area (Å²) in [6.45, 7) is 2.65. The van der Waals surface area contributed by atoms with Crippen LogP contribution in [0.3, 0.4) is 0 Å². The Balaban J connectivity index is 2.08. The number of halogens is 7. The standard InChI is InChI=1S/C23H16F7N3O5/c1-10-8-31-14(11(2)34)7-13(10)33-21(35)18-17(9-32-20(19(18)24)22(25,26)27)37-15-5-4-12(6-16(15)36-3)38-23(28,29)30/h4-9H,1-3H3,(H,31,33,35). The Morgan fingerprint density at radius 2 is 1.63 bits per heavy atom. The third-order valence-electron chi connectivity index (χ3n) is 4.78. The van der Waals surface area contributed by atoms with Gasteiger partial charge in [0, 0.05) is 24.9 Å². The van der Waals surface area contributed by atoms with Gasteiger partial charge in [-0.3, -0.25) is 14.6 Å². The quantitative estimate of drug-likeness (QED) is 0.282. The van der Waals surface area contributed by atoms with E-state index in [0.29, 0.717) is 11.8 Å². The number of ketones is 1. The number of ether oxygens (including phenoxy) is 3. The smallest absolute Gasteiger partial charge is 0.493 e. The van der Waals surface area contributed by atoms with E-state index in [4.69, 9.17) is 9.47 Å². The van der Waals surface area contributed by atoms with Crippen LogP contribution in [0, 0.1) is 12.7 Å². The molecule has 0 unspecified atom stereocenters. The van der Waals surface area contributed by atoms with Crippen molar-refractivity contribution in [1.29, 1.82) is 0 Å². The van der Waals surface area contributed by atoms with Crippen LogP contribution in [0.15, 0.2) is 36.7 Å². The van der Waals surface area contributed by atoms with Crippen molar-refractivity contribution in [3.8, 4) is 23.0 Å². The highest BCUT2D eigenvalue weighted by Crippen LogP contribution is 2.40. The van der Waals surface area contributed by atoms with E-state index in [-0.39, 0.29) is 11.4 Å². The van der Waals surface area contributed by atoms with Crippen molar-refractivity contribution in [3.63, 3.8) is 0 Å². The van der Waals surface area contributed by atoms with E-state index in [2.05, 4.69) is 20.0 Å². The summed E-state index contributed by atoms with van der Waals surface area (Å²) in [6, 6.07) is 3.58. The number of anilines is 1. The lowest BCUT2D eigenvalue weighted by Gasteiger charge is -2.17. The Morgan fingerprint density at radius 1 is 0.947 bits per heavy atom. The van der Waals surface area contributed by atoms with Gasteiger partial charge in [0.05, 0.1) is 13.3 Å². The number of rotatable bonds is 7. The molecule has 0 aliphatic rings. The van der Waals surface area contributed by atoms with Crippen LogP contribution in [0.5, 0.6) is 23.0 Å². The largest absolute Gasteiger partial charge is 0.573 e. The number of aryl methyl sites for hydroxylation is 1. The Kier molecular flexibility index (Phi) is 7.79. The molecule has 0 fully saturated rings. The molecule has 2 aromatic heterocycles. The molecule has 0 aliphatic carbocycles. The van der Waals surface area contributed by atoms with Crippen molar-refractivity contribution in [1.82, 2.24) is 9.97 Å². The zero-order valence-electron chi connectivity index (χ0n) is 19.5. The number of hydrogen-bond acceptors (Lipinski definition) is 7. The highest BCUT2D eigenvalue weighted by atomic mass is 19.4. The number of amides is 1. The topological polar surface area (TPSA) is 99.6 Å². The van der Waals surface area contributed by atoms with Crippen molar-refractivity contribution in [3.05, 3.63) is 65.0 Å². The van der Waals surface area contributed by atoms with E-state index in [1.54, 1.807) is 0 Å². The molecule has 0 saturated carbocycles. The summed E-state index contributed by atoms with van der Waals surface area (Å²) in [6.07, 6.45) is -8.70. The van der Waals surface area contributed by atoms with E-state index in [1.165, 1.54) is 20.0 Å². The molecule has 0 saturated heterocycles. The summed E-state index contributed by atoms with van der Waals surface area (Å²) in [4.78, 5) is 31.5. The van der Waals surface area contributed by atoms with Crippen molar-refractivity contribution in [2.45, 2.75) is 26.4 Å². The Morgan fingerprint density at radius 3 is 2.21 bits per heavy atom. The number of pyridine rings is 2. The van der Waals surface area contributed by atoms with Gasteiger partial charge in [-0.1, -0.05) is 0 Å². The summed E-state index contributed by atoms with van der Waals surface area (Å²) in [7, 11) is 1.04. The number of carbonyl (C=O) groups is 2. The maximum atomic E-state index is 15.1. The molecule has 3 rings (SSSR count). The average molecular weight is 547 g/mol. The van der Waals surface area contributed by atoms with Gasteiger partial charge in [0.1, 0.15) is 17.0 Å². The lowest BCUT2D eigenvalue weighted by molar-refractivity contribution is -0.274. The lowest BCUT2D eigenvalue weighted by atomic mass is 10.1. The molecule has 0 atom stereocenters. The number of Topliss-reactive ketones (excluding diaryl/α,β-unsaturated/α-hetero) is 1. The predicted octanol–water partition coefficient (Wildman–Crippen LogP) is 6.10. The number of benzene rings is 1. The third-order valence-corrected chi connectivity index (χ3v) is 4.78. The molecule has 1 N–H and O–H groups in total. The number of carbonyl (C=O) groups excluding carboxylic acids is 2. The molecule has 0 spiro atoms. The normalized spacial score (nSPS) is 11.6. The molecule has 0 aliphatic heterocycles. The number of aromatic nitrogens is 2. The van der Waals surface area contributed by atoms with Crippen LogP contribution in [-0.2, 0) is 6.18 Å². The summed E-state index contributed by atoms with van der Waals surface area (Å²) in [5.74, 6) is -6.32. The number of nitrogens with zero attached hydrogens (tertiary/aromatic N) is 2. The number of alkyl halides is 6. The molecule has 202 valence electrons. The third kappa shape index (κ3) is 6.46. The highest BCUT2D eigenvalue weighted by Gasteiger charge is 2.39. The van der Waals surface area contributed by atoms with Crippen LogP contribution in [0.2, 0.25) is 0 Å². The van der Waals surface area contributed by atoms with Crippen molar-refractivity contribution >= 4 is 17.4 Å². The number of methoxy groups -OCH3 is 1. The van der Waals surface area contributed by atoms with Gasteiger partial charge in [-0.2, -0.15) is 13.2 Å². The maximum absolute atomic E-state index is 15.1. The van der Waals surface area contributed by atoms with E-state index in [0.717, 1.165) is 31.4 Å². The van der Waals surface area contributed by atoms with Crippen LogP contribution in [0.25, 0.3) is 0 Å². The molecule has 8 nitrogen and oxygen atoms in total. The fourth-order valence-electron chi connectivity index (χ4n) is 3.04. The minimum absolute atomic E-state index is 0.0582. The predicted molar refractivity (Wildman–Crippen MR) is 116 cm³/mol. The van der Waals surface area contributed by atoms with Crippen LogP contribution in [0.1, 0.15) is 39.0 Å². The molecular weight excluding hydrogens is 531 g/mol. The second kappa shape index (κ2) is 10.5. The van der Waals surface area contributed by atoms with Gasteiger partial charge in [-0.05, 0) is 30.7 Å². The van der Waals surface area contributed by atoms with Crippen LogP contribution >= 0.6 is 0 Å². The molecule has 1 aromatic carbocycles. The Labute approximate surface area is 209 Å². The molecule has 3 aromatic rings. The average Bonchev–Trinajstić information content (AvgIpc) is 2.79. The first kappa shape index (κ1) is 28.1. The summed E-state index contributed by atoms with van der Waals surface area (Å²) >= 11 is 0. The zero-order valence-corrected chi connectivity index (χ0v) is 19.5. The molecule has 1 amide bonds. The molecule has 2 heterocycles. The van der Waals surface area contributed by atoms with Crippen LogP contribution < -0.4 is 19.5 Å². The Bertz CT molecular complexity index is 1390.